The first-order valence-electron chi connectivity index (χ1n) is 11.6. The zero-order chi connectivity index (χ0) is 22.4. The van der Waals surface area contributed by atoms with Gasteiger partial charge in [-0.2, -0.15) is 0 Å². The molecule has 0 fully saturated rings. The van der Waals surface area contributed by atoms with Crippen molar-refractivity contribution in [2.45, 2.75) is 19.3 Å². The van der Waals surface area contributed by atoms with E-state index >= 15 is 0 Å². The molecule has 0 radical (unpaired) electrons. The van der Waals surface area contributed by atoms with E-state index in [1.54, 1.807) is 0 Å². The van der Waals surface area contributed by atoms with E-state index in [9.17, 15) is 0 Å². The van der Waals surface area contributed by atoms with Crippen molar-refractivity contribution >= 4 is 0 Å². The summed E-state index contributed by atoms with van der Waals surface area (Å²) in [5, 5.41) is 0. The van der Waals surface area contributed by atoms with Crippen LogP contribution in [0.2, 0.25) is 0 Å². The number of hydrogen-bond donors (Lipinski definition) is 0. The summed E-state index contributed by atoms with van der Waals surface area (Å²) in [4.78, 5) is 0. The van der Waals surface area contributed by atoms with Gasteiger partial charge in [-0.15, -0.1) is 0 Å². The standard InChI is InChI=1S/C33H26/c1-23-13-9-10-18-27(23)29-22-30-28-19-11-12-20-31(28)33(32(30)21-24(29)2,25-14-5-3-6-15-25)26-16-7-4-8-17-26/h3-22H,1-2H3. The Hall–Kier alpha value is -3.90. The van der Waals surface area contributed by atoms with Crippen molar-refractivity contribution in [2.24, 2.45) is 0 Å². The van der Waals surface area contributed by atoms with Gasteiger partial charge in [0.15, 0.2) is 0 Å². The Morgan fingerprint density at radius 1 is 0.394 bits per heavy atom. The summed E-state index contributed by atoms with van der Waals surface area (Å²) in [5.74, 6) is 0. The predicted molar refractivity (Wildman–Crippen MR) is 139 cm³/mol. The van der Waals surface area contributed by atoms with E-state index in [0.29, 0.717) is 0 Å². The molecule has 1 aliphatic rings. The molecule has 0 atom stereocenters. The molecule has 0 amide bonds. The van der Waals surface area contributed by atoms with Crippen LogP contribution in [0.4, 0.5) is 0 Å². The second kappa shape index (κ2) is 7.60. The van der Waals surface area contributed by atoms with Crippen LogP contribution in [0.3, 0.4) is 0 Å². The van der Waals surface area contributed by atoms with Gasteiger partial charge in [0, 0.05) is 0 Å². The molecule has 0 heteroatoms. The van der Waals surface area contributed by atoms with Crippen molar-refractivity contribution in [3.8, 4) is 22.3 Å². The molecule has 6 rings (SSSR count). The van der Waals surface area contributed by atoms with Crippen LogP contribution < -0.4 is 0 Å². The highest BCUT2D eigenvalue weighted by Gasteiger charge is 2.46. The quantitative estimate of drug-likeness (QED) is 0.269. The highest BCUT2D eigenvalue weighted by molar-refractivity contribution is 5.90. The zero-order valence-corrected chi connectivity index (χ0v) is 19.0. The summed E-state index contributed by atoms with van der Waals surface area (Å²) in [6, 6.07) is 44.5. The molecule has 0 heterocycles. The average Bonchev–Trinajstić information content (AvgIpc) is 3.15. The first-order chi connectivity index (χ1) is 16.2. The van der Waals surface area contributed by atoms with Crippen molar-refractivity contribution in [1.29, 1.82) is 0 Å². The summed E-state index contributed by atoms with van der Waals surface area (Å²) in [5.41, 5.74) is 12.9. The maximum absolute atomic E-state index is 2.44. The van der Waals surface area contributed by atoms with Crippen molar-refractivity contribution in [1.82, 2.24) is 0 Å². The van der Waals surface area contributed by atoms with Crippen LogP contribution in [0.1, 0.15) is 33.4 Å². The molecule has 5 aromatic carbocycles. The highest BCUT2D eigenvalue weighted by Crippen LogP contribution is 2.57. The number of rotatable bonds is 3. The van der Waals surface area contributed by atoms with Gasteiger partial charge < -0.3 is 0 Å². The Morgan fingerprint density at radius 3 is 1.58 bits per heavy atom. The fourth-order valence-electron chi connectivity index (χ4n) is 5.76. The third-order valence-corrected chi connectivity index (χ3v) is 7.24. The molecular weight excluding hydrogens is 396 g/mol. The summed E-state index contributed by atoms with van der Waals surface area (Å²) >= 11 is 0. The lowest BCUT2D eigenvalue weighted by Gasteiger charge is -2.34. The summed E-state index contributed by atoms with van der Waals surface area (Å²) in [6.07, 6.45) is 0. The largest absolute Gasteiger partial charge is 0.0713 e. The maximum Gasteiger partial charge on any atom is 0.0713 e. The smallest absolute Gasteiger partial charge is 0.0622 e. The van der Waals surface area contributed by atoms with Gasteiger partial charge in [-0.25, -0.2) is 0 Å². The topological polar surface area (TPSA) is 0 Å². The fourth-order valence-corrected chi connectivity index (χ4v) is 5.76. The lowest BCUT2D eigenvalue weighted by molar-refractivity contribution is 0.767. The van der Waals surface area contributed by atoms with Gasteiger partial charge in [-0.1, -0.05) is 115 Å². The molecule has 0 saturated heterocycles. The first kappa shape index (κ1) is 19.8. The number of benzene rings is 5. The van der Waals surface area contributed by atoms with Gasteiger partial charge in [0.1, 0.15) is 0 Å². The number of aryl methyl sites for hydroxylation is 2. The van der Waals surface area contributed by atoms with Crippen molar-refractivity contribution in [2.75, 3.05) is 0 Å². The fraction of sp³-hybridized carbons (Fsp3) is 0.0909. The Bertz CT molecular complexity index is 1420. The monoisotopic (exact) mass is 422 g/mol. The molecule has 0 aliphatic heterocycles. The van der Waals surface area contributed by atoms with Crippen LogP contribution in [0.15, 0.2) is 121 Å². The Balaban J connectivity index is 1.75. The van der Waals surface area contributed by atoms with Gasteiger partial charge in [0.05, 0.1) is 5.41 Å². The molecule has 33 heavy (non-hydrogen) atoms. The second-order valence-electron chi connectivity index (χ2n) is 9.06. The lowest BCUT2D eigenvalue weighted by atomic mass is 9.67. The van der Waals surface area contributed by atoms with Crippen molar-refractivity contribution in [3.05, 3.63) is 155 Å². The second-order valence-corrected chi connectivity index (χ2v) is 9.06. The SMILES string of the molecule is Cc1ccccc1-c1cc2c(cc1C)C(c1ccccc1)(c1ccccc1)c1ccccc1-2. The molecule has 0 unspecified atom stereocenters. The Labute approximate surface area is 196 Å². The van der Waals surface area contributed by atoms with Gasteiger partial charge >= 0.3 is 0 Å². The predicted octanol–water partition coefficient (Wildman–Crippen LogP) is 8.33. The number of hydrogen-bond acceptors (Lipinski definition) is 0. The minimum atomic E-state index is -0.330. The van der Waals surface area contributed by atoms with Crippen LogP contribution >= 0.6 is 0 Å². The molecule has 5 aromatic rings. The Kier molecular flexibility index (Phi) is 4.55. The molecule has 0 spiro atoms. The van der Waals surface area contributed by atoms with Gasteiger partial charge in [-0.3, -0.25) is 0 Å². The number of fused-ring (bicyclic) bond motifs is 3. The van der Waals surface area contributed by atoms with E-state index in [2.05, 4.69) is 135 Å². The first-order valence-corrected chi connectivity index (χ1v) is 11.6. The van der Waals surface area contributed by atoms with E-state index in [1.165, 1.54) is 55.6 Å². The normalized spacial score (nSPS) is 13.4. The third kappa shape index (κ3) is 2.84. The molecule has 0 N–H and O–H groups in total. The lowest BCUT2D eigenvalue weighted by Crippen LogP contribution is -2.28. The van der Waals surface area contributed by atoms with Crippen LogP contribution in [0.25, 0.3) is 22.3 Å². The molecule has 158 valence electrons. The zero-order valence-electron chi connectivity index (χ0n) is 19.0. The average molecular weight is 423 g/mol. The minimum Gasteiger partial charge on any atom is -0.0622 e. The summed E-state index contributed by atoms with van der Waals surface area (Å²) in [7, 11) is 0. The van der Waals surface area contributed by atoms with Gasteiger partial charge in [0.2, 0.25) is 0 Å². The van der Waals surface area contributed by atoms with Crippen LogP contribution in [-0.4, -0.2) is 0 Å². The molecule has 0 nitrogen and oxygen atoms in total. The molecular formula is C33H26. The van der Waals surface area contributed by atoms with Crippen molar-refractivity contribution in [3.63, 3.8) is 0 Å². The van der Waals surface area contributed by atoms with Crippen LogP contribution in [0, 0.1) is 13.8 Å². The highest BCUT2D eigenvalue weighted by atomic mass is 14.5. The van der Waals surface area contributed by atoms with Crippen LogP contribution in [0.5, 0.6) is 0 Å². The molecule has 0 saturated carbocycles. The van der Waals surface area contributed by atoms with E-state index < -0.39 is 0 Å². The van der Waals surface area contributed by atoms with E-state index in [4.69, 9.17) is 0 Å². The third-order valence-electron chi connectivity index (χ3n) is 7.24. The van der Waals surface area contributed by atoms with Gasteiger partial charge in [-0.05, 0) is 75.5 Å². The minimum absolute atomic E-state index is 0.330. The van der Waals surface area contributed by atoms with E-state index in [0.717, 1.165) is 0 Å². The molecule has 0 aromatic heterocycles. The van der Waals surface area contributed by atoms with E-state index in [1.807, 2.05) is 0 Å². The summed E-state index contributed by atoms with van der Waals surface area (Å²) in [6.45, 7) is 4.46. The maximum atomic E-state index is 2.44. The van der Waals surface area contributed by atoms with E-state index in [-0.39, 0.29) is 5.41 Å². The molecule has 0 bridgehead atoms. The Morgan fingerprint density at radius 2 is 0.939 bits per heavy atom. The van der Waals surface area contributed by atoms with Crippen molar-refractivity contribution < 1.29 is 0 Å². The molecule has 1 aliphatic carbocycles. The summed E-state index contributed by atoms with van der Waals surface area (Å²) < 4.78 is 0. The van der Waals surface area contributed by atoms with Gasteiger partial charge in [0.25, 0.3) is 0 Å². The van der Waals surface area contributed by atoms with Crippen LogP contribution in [-0.2, 0) is 5.41 Å².